The number of hydrogen-bond acceptors (Lipinski definition) is 6. The lowest BCUT2D eigenvalue weighted by atomic mass is 10.2. The Morgan fingerprint density at radius 2 is 1.61 bits per heavy atom. The Bertz CT molecular complexity index is 814. The number of benzene rings is 2. The SMILES string of the molecule is COc1ccc(NS(=O)(=O)c2ccc(C(=O)[O-])cc2)cc1OC. The van der Waals surface area contributed by atoms with Gasteiger partial charge in [-0.1, -0.05) is 12.1 Å². The van der Waals surface area contributed by atoms with Crippen LogP contribution in [0.3, 0.4) is 0 Å². The first-order valence-corrected chi connectivity index (χ1v) is 7.92. The normalized spacial score (nSPS) is 10.9. The maximum Gasteiger partial charge on any atom is 0.261 e. The van der Waals surface area contributed by atoms with Gasteiger partial charge in [-0.15, -0.1) is 0 Å². The summed E-state index contributed by atoms with van der Waals surface area (Å²) in [5.41, 5.74) is 0.182. The number of carboxylic acid groups (broad SMARTS) is 1. The van der Waals surface area contributed by atoms with E-state index in [4.69, 9.17) is 9.47 Å². The highest BCUT2D eigenvalue weighted by atomic mass is 32.2. The second kappa shape index (κ2) is 6.57. The quantitative estimate of drug-likeness (QED) is 0.839. The van der Waals surface area contributed by atoms with Crippen LogP contribution in [-0.4, -0.2) is 28.6 Å². The smallest absolute Gasteiger partial charge is 0.261 e. The van der Waals surface area contributed by atoms with Crippen LogP contribution in [-0.2, 0) is 10.0 Å². The minimum absolute atomic E-state index is 0.0720. The third-order valence-electron chi connectivity index (χ3n) is 3.04. The van der Waals surface area contributed by atoms with Gasteiger partial charge in [-0.3, -0.25) is 4.72 Å². The van der Waals surface area contributed by atoms with Gasteiger partial charge in [0.1, 0.15) is 0 Å². The molecule has 0 aliphatic rings. The zero-order valence-electron chi connectivity index (χ0n) is 12.4. The van der Waals surface area contributed by atoms with Crippen molar-refractivity contribution in [1.29, 1.82) is 0 Å². The van der Waals surface area contributed by atoms with Crippen LogP contribution in [0, 0.1) is 0 Å². The number of aromatic carboxylic acids is 1. The van der Waals surface area contributed by atoms with Gasteiger partial charge >= 0.3 is 0 Å². The number of carboxylic acids is 1. The summed E-state index contributed by atoms with van der Waals surface area (Å²) in [6, 6.07) is 9.27. The average molecular weight is 336 g/mol. The minimum atomic E-state index is -3.86. The first kappa shape index (κ1) is 16.6. The van der Waals surface area contributed by atoms with Crippen LogP contribution in [0.15, 0.2) is 47.4 Å². The van der Waals surface area contributed by atoms with Crippen LogP contribution in [0.4, 0.5) is 5.69 Å². The van der Waals surface area contributed by atoms with E-state index in [0.717, 1.165) is 0 Å². The Morgan fingerprint density at radius 1 is 1.00 bits per heavy atom. The van der Waals surface area contributed by atoms with Crippen molar-refractivity contribution in [2.75, 3.05) is 18.9 Å². The summed E-state index contributed by atoms with van der Waals surface area (Å²) >= 11 is 0. The van der Waals surface area contributed by atoms with Crippen LogP contribution in [0.25, 0.3) is 0 Å². The molecule has 0 aliphatic carbocycles. The van der Waals surface area contributed by atoms with Gasteiger partial charge in [0.2, 0.25) is 0 Å². The van der Waals surface area contributed by atoms with E-state index < -0.39 is 16.0 Å². The largest absolute Gasteiger partial charge is 0.545 e. The molecule has 2 aromatic carbocycles. The Hall–Kier alpha value is -2.74. The van der Waals surface area contributed by atoms with E-state index >= 15 is 0 Å². The summed E-state index contributed by atoms with van der Waals surface area (Å²) in [7, 11) is -0.948. The molecular formula is C15H14NO6S-. The third-order valence-corrected chi connectivity index (χ3v) is 4.43. The van der Waals surface area contributed by atoms with E-state index in [-0.39, 0.29) is 16.1 Å². The second-order valence-electron chi connectivity index (χ2n) is 4.49. The minimum Gasteiger partial charge on any atom is -0.545 e. The topological polar surface area (TPSA) is 105 Å². The van der Waals surface area contributed by atoms with Gasteiger partial charge < -0.3 is 19.4 Å². The molecule has 0 heterocycles. The lowest BCUT2D eigenvalue weighted by Crippen LogP contribution is -2.22. The summed E-state index contributed by atoms with van der Waals surface area (Å²) < 4.78 is 37.1. The maximum absolute atomic E-state index is 12.3. The molecule has 0 amide bonds. The van der Waals surface area contributed by atoms with Gasteiger partial charge in [0.05, 0.1) is 30.8 Å². The van der Waals surface area contributed by atoms with Crippen LogP contribution < -0.4 is 19.3 Å². The molecule has 0 bridgehead atoms. The van der Waals surface area contributed by atoms with Crippen LogP contribution in [0.5, 0.6) is 11.5 Å². The molecule has 2 rings (SSSR count). The number of nitrogens with one attached hydrogen (secondary N) is 1. The van der Waals surface area contributed by atoms with Gasteiger partial charge in [0, 0.05) is 6.07 Å². The van der Waals surface area contributed by atoms with E-state index in [1.807, 2.05) is 0 Å². The molecule has 0 atom stereocenters. The molecule has 0 aromatic heterocycles. The molecule has 1 N–H and O–H groups in total. The maximum atomic E-state index is 12.3. The molecular weight excluding hydrogens is 322 g/mol. The number of anilines is 1. The molecule has 0 unspecified atom stereocenters. The number of ether oxygens (including phenoxy) is 2. The van der Waals surface area contributed by atoms with Crippen molar-refractivity contribution in [3.8, 4) is 11.5 Å². The van der Waals surface area contributed by atoms with Crippen molar-refractivity contribution in [3.63, 3.8) is 0 Å². The van der Waals surface area contributed by atoms with Crippen molar-refractivity contribution in [3.05, 3.63) is 48.0 Å². The van der Waals surface area contributed by atoms with E-state index in [9.17, 15) is 18.3 Å². The third kappa shape index (κ3) is 3.72. The molecule has 23 heavy (non-hydrogen) atoms. The van der Waals surface area contributed by atoms with E-state index in [2.05, 4.69) is 4.72 Å². The molecule has 0 spiro atoms. The van der Waals surface area contributed by atoms with Crippen molar-refractivity contribution in [2.24, 2.45) is 0 Å². The molecule has 0 radical (unpaired) electrons. The summed E-state index contributed by atoms with van der Waals surface area (Å²) in [5, 5.41) is 10.7. The highest BCUT2D eigenvalue weighted by Crippen LogP contribution is 2.30. The number of hydrogen-bond donors (Lipinski definition) is 1. The summed E-state index contributed by atoms with van der Waals surface area (Å²) in [6.07, 6.45) is 0. The molecule has 2 aromatic rings. The molecule has 7 nitrogen and oxygen atoms in total. The molecule has 8 heteroatoms. The standard InChI is InChI=1S/C15H15NO6S/c1-21-13-8-5-11(9-14(13)22-2)16-23(19,20)12-6-3-10(4-7-12)15(17)18/h3-9,16H,1-2H3,(H,17,18)/p-1. The molecule has 0 saturated carbocycles. The first-order chi connectivity index (χ1) is 10.9. The van der Waals surface area contributed by atoms with Gasteiger partial charge in [-0.05, 0) is 29.8 Å². The van der Waals surface area contributed by atoms with E-state index in [1.165, 1.54) is 50.6 Å². The number of carbonyl (C=O) groups is 1. The number of sulfonamides is 1. The van der Waals surface area contributed by atoms with Crippen molar-refractivity contribution < 1.29 is 27.8 Å². The molecule has 0 fully saturated rings. The van der Waals surface area contributed by atoms with Crippen molar-refractivity contribution in [1.82, 2.24) is 0 Å². The van der Waals surface area contributed by atoms with Crippen LogP contribution in [0.1, 0.15) is 10.4 Å². The predicted molar refractivity (Wildman–Crippen MR) is 81.1 cm³/mol. The number of rotatable bonds is 6. The average Bonchev–Trinajstić information content (AvgIpc) is 2.54. The number of carbonyl (C=O) groups excluding carboxylic acids is 1. The molecule has 0 aliphatic heterocycles. The summed E-state index contributed by atoms with van der Waals surface area (Å²) in [5.74, 6) is -0.532. The zero-order chi connectivity index (χ0) is 17.0. The highest BCUT2D eigenvalue weighted by Gasteiger charge is 2.15. The fourth-order valence-electron chi connectivity index (χ4n) is 1.88. The zero-order valence-corrected chi connectivity index (χ0v) is 13.2. The Morgan fingerprint density at radius 3 is 2.13 bits per heavy atom. The lowest BCUT2D eigenvalue weighted by molar-refractivity contribution is -0.255. The second-order valence-corrected chi connectivity index (χ2v) is 6.17. The van der Waals surface area contributed by atoms with Crippen LogP contribution >= 0.6 is 0 Å². The predicted octanol–water partition coefficient (Wildman–Crippen LogP) is 0.868. The number of methoxy groups -OCH3 is 2. The lowest BCUT2D eigenvalue weighted by Gasteiger charge is -2.12. The van der Waals surface area contributed by atoms with E-state index in [0.29, 0.717) is 11.5 Å². The monoisotopic (exact) mass is 336 g/mol. The highest BCUT2D eigenvalue weighted by molar-refractivity contribution is 7.92. The van der Waals surface area contributed by atoms with Gasteiger partial charge in [0.15, 0.2) is 11.5 Å². The molecule has 122 valence electrons. The molecule has 0 saturated heterocycles. The van der Waals surface area contributed by atoms with Gasteiger partial charge in [-0.25, -0.2) is 8.42 Å². The first-order valence-electron chi connectivity index (χ1n) is 6.43. The van der Waals surface area contributed by atoms with E-state index in [1.54, 1.807) is 6.07 Å². The Labute approximate surface area is 133 Å². The summed E-state index contributed by atoms with van der Waals surface area (Å²) in [4.78, 5) is 10.6. The fraction of sp³-hybridized carbons (Fsp3) is 0.133. The fourth-order valence-corrected chi connectivity index (χ4v) is 2.93. The Kier molecular flexibility index (Phi) is 4.75. The summed E-state index contributed by atoms with van der Waals surface area (Å²) in [6.45, 7) is 0. The van der Waals surface area contributed by atoms with Gasteiger partial charge in [0.25, 0.3) is 10.0 Å². The van der Waals surface area contributed by atoms with Gasteiger partial charge in [-0.2, -0.15) is 0 Å². The van der Waals surface area contributed by atoms with Crippen molar-refractivity contribution in [2.45, 2.75) is 4.90 Å². The van der Waals surface area contributed by atoms with Crippen molar-refractivity contribution >= 4 is 21.7 Å². The van der Waals surface area contributed by atoms with Crippen LogP contribution in [0.2, 0.25) is 0 Å². The Balaban J connectivity index is 2.29.